The largest absolute Gasteiger partial charge is 0.434 e. The number of rotatable bonds is 13. The molecule has 2 aromatic carbocycles. The summed E-state index contributed by atoms with van der Waals surface area (Å²) in [5, 5.41) is 14.4. The number of ether oxygens (including phenoxy) is 1. The Morgan fingerprint density at radius 3 is 2.64 bits per heavy atom. The molecule has 1 aliphatic rings. The number of hydrogen-bond acceptors (Lipinski definition) is 9. The Labute approximate surface area is 260 Å². The first-order chi connectivity index (χ1) is 21.2. The molecule has 44 heavy (non-hydrogen) atoms. The third-order valence-corrected chi connectivity index (χ3v) is 10.3. The third-order valence-electron chi connectivity index (χ3n) is 7.66. The summed E-state index contributed by atoms with van der Waals surface area (Å²) in [6.45, 7) is 3.80. The Morgan fingerprint density at radius 2 is 1.91 bits per heavy atom. The van der Waals surface area contributed by atoms with Gasteiger partial charge in [-0.25, -0.2) is 23.2 Å². The van der Waals surface area contributed by atoms with E-state index in [1.54, 1.807) is 35.8 Å². The molecule has 13 heteroatoms. The highest BCUT2D eigenvalue weighted by atomic mass is 32.2. The zero-order valence-electron chi connectivity index (χ0n) is 24.4. The number of anilines is 1. The lowest BCUT2D eigenvalue weighted by atomic mass is 10.0. The molecule has 11 nitrogen and oxygen atoms in total. The van der Waals surface area contributed by atoms with E-state index in [1.807, 2.05) is 44.2 Å². The molecule has 1 aliphatic heterocycles. The summed E-state index contributed by atoms with van der Waals surface area (Å²) in [7, 11) is -4.01. The standard InChI is InChI=1S/C31H35N5O6S2/c1-3-21(2)17-35(44(40,41)23-12-13-24-28(16-23)43-20-33-24)18-26(37)25(15-22-9-5-4-6-10-22)34-30(38)27-19-36(31(39)42-27)29-11-7-8-14-32-29/h4-14,16,20-21,25-27,37H,3,15,17-19H2,1-2H3,(H,34,38)/t21-,25?,26-,27+/m1/s1. The SMILES string of the molecule is CC[C@@H](C)CN(C[C@@H](O)C(Cc1ccccc1)NC(=O)[C@@H]1CN(c2ccccn2)C(=O)O1)S(=O)(=O)c1ccc2ncsc2c1. The number of aliphatic hydroxyl groups is 1. The maximum Gasteiger partial charge on any atom is 0.416 e. The topological polar surface area (TPSA) is 142 Å². The molecular formula is C31H35N5O6S2. The van der Waals surface area contributed by atoms with E-state index in [9.17, 15) is 23.1 Å². The molecule has 0 spiro atoms. The molecule has 0 saturated carbocycles. The van der Waals surface area contributed by atoms with Gasteiger partial charge in [-0.15, -0.1) is 11.3 Å². The summed E-state index contributed by atoms with van der Waals surface area (Å²) in [5.41, 5.74) is 3.21. The quantitative estimate of drug-likeness (QED) is 0.225. The molecule has 0 bridgehead atoms. The molecule has 232 valence electrons. The molecule has 0 radical (unpaired) electrons. The summed E-state index contributed by atoms with van der Waals surface area (Å²) < 4.78 is 35.3. The van der Waals surface area contributed by atoms with Crippen LogP contribution in [0.5, 0.6) is 0 Å². The van der Waals surface area contributed by atoms with Gasteiger partial charge in [-0.2, -0.15) is 4.31 Å². The number of carbonyl (C=O) groups excluding carboxylic acids is 2. The van der Waals surface area contributed by atoms with Crippen molar-refractivity contribution in [3.63, 3.8) is 0 Å². The van der Waals surface area contributed by atoms with Gasteiger partial charge in [0.1, 0.15) is 5.82 Å². The van der Waals surface area contributed by atoms with Crippen molar-refractivity contribution in [3.8, 4) is 0 Å². The summed E-state index contributed by atoms with van der Waals surface area (Å²) in [5.74, 6) is -0.221. The van der Waals surface area contributed by atoms with E-state index in [1.165, 1.54) is 32.8 Å². The van der Waals surface area contributed by atoms with Crippen LogP contribution < -0.4 is 10.2 Å². The van der Waals surface area contributed by atoms with Crippen LogP contribution in [0.4, 0.5) is 10.6 Å². The summed E-state index contributed by atoms with van der Waals surface area (Å²) >= 11 is 1.35. The number of thiazole rings is 1. The van der Waals surface area contributed by atoms with Gasteiger partial charge in [0.25, 0.3) is 5.91 Å². The number of nitrogens with zero attached hydrogens (tertiary/aromatic N) is 4. The van der Waals surface area contributed by atoms with Crippen molar-refractivity contribution in [1.29, 1.82) is 0 Å². The monoisotopic (exact) mass is 637 g/mol. The Kier molecular flexibility index (Phi) is 9.89. The molecule has 4 atom stereocenters. The number of nitrogens with one attached hydrogen (secondary N) is 1. The van der Waals surface area contributed by atoms with Crippen molar-refractivity contribution < 1.29 is 27.9 Å². The Morgan fingerprint density at radius 1 is 1.14 bits per heavy atom. The van der Waals surface area contributed by atoms with Crippen molar-refractivity contribution >= 4 is 49.4 Å². The van der Waals surface area contributed by atoms with E-state index in [-0.39, 0.29) is 36.9 Å². The number of cyclic esters (lactones) is 1. The molecule has 2 N–H and O–H groups in total. The van der Waals surface area contributed by atoms with Crippen LogP contribution in [0.15, 0.2) is 83.3 Å². The number of fused-ring (bicyclic) bond motifs is 1. The lowest BCUT2D eigenvalue weighted by Crippen LogP contribution is -2.53. The molecule has 5 rings (SSSR count). The normalized spacial score (nSPS) is 17.4. The predicted octanol–water partition coefficient (Wildman–Crippen LogP) is 3.84. The second-order valence-electron chi connectivity index (χ2n) is 10.9. The van der Waals surface area contributed by atoms with Crippen LogP contribution in [0.25, 0.3) is 10.2 Å². The van der Waals surface area contributed by atoms with E-state index < -0.39 is 40.3 Å². The van der Waals surface area contributed by atoms with Crippen LogP contribution in [-0.4, -0.2) is 77.7 Å². The van der Waals surface area contributed by atoms with Crippen LogP contribution >= 0.6 is 11.3 Å². The highest BCUT2D eigenvalue weighted by Gasteiger charge is 2.39. The first kappa shape index (κ1) is 31.5. The molecule has 1 fully saturated rings. The van der Waals surface area contributed by atoms with E-state index in [0.717, 1.165) is 16.7 Å². The van der Waals surface area contributed by atoms with Crippen LogP contribution in [-0.2, 0) is 26.0 Å². The van der Waals surface area contributed by atoms with E-state index in [2.05, 4.69) is 15.3 Å². The van der Waals surface area contributed by atoms with Gasteiger partial charge in [0, 0.05) is 19.3 Å². The first-order valence-corrected chi connectivity index (χ1v) is 16.7. The van der Waals surface area contributed by atoms with Gasteiger partial charge in [-0.05, 0) is 48.2 Å². The summed E-state index contributed by atoms with van der Waals surface area (Å²) in [6, 6.07) is 18.3. The molecule has 2 amide bonds. The van der Waals surface area contributed by atoms with Gasteiger partial charge in [0.05, 0.1) is 39.3 Å². The van der Waals surface area contributed by atoms with E-state index >= 15 is 0 Å². The Balaban J connectivity index is 1.38. The van der Waals surface area contributed by atoms with E-state index in [0.29, 0.717) is 11.3 Å². The number of aliphatic hydroxyl groups excluding tert-OH is 1. The fraction of sp³-hybridized carbons (Fsp3) is 0.355. The van der Waals surface area contributed by atoms with Crippen molar-refractivity contribution in [2.24, 2.45) is 5.92 Å². The Bertz CT molecular complexity index is 1690. The fourth-order valence-electron chi connectivity index (χ4n) is 4.96. The maximum absolute atomic E-state index is 13.9. The number of amides is 2. The number of sulfonamides is 1. The molecule has 0 aliphatic carbocycles. The average molecular weight is 638 g/mol. The minimum Gasteiger partial charge on any atom is -0.434 e. The lowest BCUT2D eigenvalue weighted by Gasteiger charge is -2.31. The van der Waals surface area contributed by atoms with Crippen molar-refractivity contribution in [1.82, 2.24) is 19.6 Å². The third kappa shape index (κ3) is 7.24. The van der Waals surface area contributed by atoms with Gasteiger partial charge in [0.2, 0.25) is 10.0 Å². The highest BCUT2D eigenvalue weighted by Crippen LogP contribution is 2.26. The lowest BCUT2D eigenvalue weighted by molar-refractivity contribution is -0.129. The molecular weight excluding hydrogens is 603 g/mol. The van der Waals surface area contributed by atoms with Crippen LogP contribution in [0.1, 0.15) is 25.8 Å². The van der Waals surface area contributed by atoms with Crippen molar-refractivity contribution in [2.75, 3.05) is 24.5 Å². The molecule has 3 heterocycles. The highest BCUT2D eigenvalue weighted by molar-refractivity contribution is 7.89. The minimum absolute atomic E-state index is 0.0155. The van der Waals surface area contributed by atoms with Gasteiger partial charge in [0.15, 0.2) is 6.10 Å². The van der Waals surface area contributed by atoms with Gasteiger partial charge in [-0.1, -0.05) is 56.7 Å². The van der Waals surface area contributed by atoms with E-state index in [4.69, 9.17) is 4.74 Å². The number of hydrogen-bond donors (Lipinski definition) is 2. The zero-order valence-corrected chi connectivity index (χ0v) is 26.1. The maximum atomic E-state index is 13.9. The molecule has 4 aromatic rings. The number of benzene rings is 2. The van der Waals surface area contributed by atoms with Crippen LogP contribution in [0.2, 0.25) is 0 Å². The fourth-order valence-corrected chi connectivity index (χ4v) is 7.35. The second-order valence-corrected chi connectivity index (χ2v) is 13.7. The predicted molar refractivity (Wildman–Crippen MR) is 168 cm³/mol. The smallest absolute Gasteiger partial charge is 0.416 e. The Hall–Kier alpha value is -3.91. The van der Waals surface area contributed by atoms with Gasteiger partial charge < -0.3 is 15.2 Å². The first-order valence-electron chi connectivity index (χ1n) is 14.4. The van der Waals surface area contributed by atoms with Gasteiger partial charge in [-0.3, -0.25) is 9.69 Å². The average Bonchev–Trinajstić information content (AvgIpc) is 3.67. The zero-order chi connectivity index (χ0) is 31.3. The molecule has 2 aromatic heterocycles. The van der Waals surface area contributed by atoms with Crippen LogP contribution in [0, 0.1) is 5.92 Å². The van der Waals surface area contributed by atoms with Crippen LogP contribution in [0.3, 0.4) is 0 Å². The number of aromatic nitrogens is 2. The van der Waals surface area contributed by atoms with Crippen molar-refractivity contribution in [3.05, 3.63) is 84.0 Å². The van der Waals surface area contributed by atoms with Gasteiger partial charge >= 0.3 is 6.09 Å². The summed E-state index contributed by atoms with van der Waals surface area (Å²) in [4.78, 5) is 35.7. The molecule has 1 saturated heterocycles. The number of pyridine rings is 1. The number of carbonyl (C=O) groups is 2. The summed E-state index contributed by atoms with van der Waals surface area (Å²) in [6.07, 6.45) is -0.623. The second kappa shape index (κ2) is 13.8. The minimum atomic E-state index is -4.01. The molecule has 1 unspecified atom stereocenters. The van der Waals surface area contributed by atoms with Crippen molar-refractivity contribution in [2.45, 2.75) is 49.8 Å².